The quantitative estimate of drug-likeness (QED) is 0.415. The van der Waals surface area contributed by atoms with E-state index in [-0.39, 0.29) is 0 Å². The van der Waals surface area contributed by atoms with Crippen LogP contribution < -0.4 is 0 Å². The van der Waals surface area contributed by atoms with Crippen LogP contribution in [0.3, 0.4) is 0 Å². The first-order chi connectivity index (χ1) is 15.6. The summed E-state index contributed by atoms with van der Waals surface area (Å²) in [6.45, 7) is 8.20. The summed E-state index contributed by atoms with van der Waals surface area (Å²) in [5, 5.41) is 0. The highest BCUT2D eigenvalue weighted by Gasteiger charge is 2.34. The second-order valence-electron chi connectivity index (χ2n) is 10.3. The molecule has 1 aliphatic carbocycles. The lowest BCUT2D eigenvalue weighted by molar-refractivity contribution is -0.282. The standard InChI is InChI=1S/C30H42O2/c1-4-6-8-24-21-31-30(3,32-22-24)29-19-17-28(18-20-29)27-15-13-26(14-16-27)25-11-9-23(7-5-2)10-12-25/h13-20,23-25H,4-12,21-22H2,1-3H3. The Kier molecular flexibility index (Phi) is 8.07. The van der Waals surface area contributed by atoms with Gasteiger partial charge in [-0.3, -0.25) is 0 Å². The van der Waals surface area contributed by atoms with Crippen LogP contribution in [-0.4, -0.2) is 13.2 Å². The summed E-state index contributed by atoms with van der Waals surface area (Å²) in [7, 11) is 0. The van der Waals surface area contributed by atoms with Crippen molar-refractivity contribution in [2.24, 2.45) is 11.8 Å². The van der Waals surface area contributed by atoms with Gasteiger partial charge in [0.25, 0.3) is 0 Å². The molecule has 32 heavy (non-hydrogen) atoms. The Morgan fingerprint density at radius 3 is 1.88 bits per heavy atom. The topological polar surface area (TPSA) is 18.5 Å². The van der Waals surface area contributed by atoms with Crippen LogP contribution in [0.25, 0.3) is 11.1 Å². The Morgan fingerprint density at radius 2 is 1.31 bits per heavy atom. The summed E-state index contributed by atoms with van der Waals surface area (Å²) in [4.78, 5) is 0. The minimum absolute atomic E-state index is 0.530. The molecule has 0 spiro atoms. The summed E-state index contributed by atoms with van der Waals surface area (Å²) < 4.78 is 12.4. The molecule has 0 aromatic heterocycles. The van der Waals surface area contributed by atoms with Gasteiger partial charge in [0.05, 0.1) is 13.2 Å². The second kappa shape index (κ2) is 11.0. The van der Waals surface area contributed by atoms with E-state index in [4.69, 9.17) is 9.47 Å². The monoisotopic (exact) mass is 434 g/mol. The van der Waals surface area contributed by atoms with Gasteiger partial charge in [0.1, 0.15) is 0 Å². The van der Waals surface area contributed by atoms with Gasteiger partial charge in [-0.05, 0) is 67.6 Å². The first-order valence-electron chi connectivity index (χ1n) is 13.1. The minimum atomic E-state index is -0.623. The summed E-state index contributed by atoms with van der Waals surface area (Å²) >= 11 is 0. The van der Waals surface area contributed by atoms with Crippen molar-refractivity contribution >= 4 is 0 Å². The van der Waals surface area contributed by atoms with Crippen LogP contribution in [0.15, 0.2) is 48.5 Å². The maximum Gasteiger partial charge on any atom is 0.191 e. The lowest BCUT2D eigenvalue weighted by Crippen LogP contribution is -2.39. The number of rotatable bonds is 8. The molecular formula is C30H42O2. The zero-order chi connectivity index (χ0) is 22.4. The third kappa shape index (κ3) is 5.64. The van der Waals surface area contributed by atoms with Crippen molar-refractivity contribution in [2.75, 3.05) is 13.2 Å². The molecule has 0 amide bonds. The molecule has 1 aliphatic heterocycles. The third-order valence-corrected chi connectivity index (χ3v) is 7.82. The lowest BCUT2D eigenvalue weighted by Gasteiger charge is -2.38. The van der Waals surface area contributed by atoms with Gasteiger partial charge < -0.3 is 9.47 Å². The highest BCUT2D eigenvalue weighted by Crippen LogP contribution is 2.38. The molecule has 2 aliphatic rings. The van der Waals surface area contributed by atoms with Crippen molar-refractivity contribution in [2.45, 2.75) is 90.3 Å². The summed E-state index contributed by atoms with van der Waals surface area (Å²) in [6, 6.07) is 18.1. The van der Waals surface area contributed by atoms with Gasteiger partial charge >= 0.3 is 0 Å². The molecule has 0 radical (unpaired) electrons. The number of hydrogen-bond acceptors (Lipinski definition) is 2. The Hall–Kier alpha value is -1.64. The zero-order valence-electron chi connectivity index (χ0n) is 20.4. The van der Waals surface area contributed by atoms with E-state index in [1.165, 1.54) is 74.5 Å². The molecule has 4 rings (SSSR count). The van der Waals surface area contributed by atoms with Gasteiger partial charge in [-0.25, -0.2) is 0 Å². The maximum atomic E-state index is 6.19. The van der Waals surface area contributed by atoms with Crippen LogP contribution in [0.2, 0.25) is 0 Å². The van der Waals surface area contributed by atoms with Crippen molar-refractivity contribution in [3.8, 4) is 11.1 Å². The van der Waals surface area contributed by atoms with E-state index in [1.54, 1.807) is 0 Å². The fraction of sp³-hybridized carbons (Fsp3) is 0.600. The number of unbranched alkanes of at least 4 members (excludes halogenated alkanes) is 1. The van der Waals surface area contributed by atoms with Gasteiger partial charge in [0.15, 0.2) is 5.79 Å². The molecule has 1 heterocycles. The average Bonchev–Trinajstić information content (AvgIpc) is 2.85. The molecule has 2 aromatic rings. The summed E-state index contributed by atoms with van der Waals surface area (Å²) in [5.41, 5.74) is 5.17. The van der Waals surface area contributed by atoms with Crippen LogP contribution in [0.1, 0.15) is 95.6 Å². The fourth-order valence-corrected chi connectivity index (χ4v) is 5.58. The highest BCUT2D eigenvalue weighted by molar-refractivity contribution is 5.64. The molecule has 0 unspecified atom stereocenters. The van der Waals surface area contributed by atoms with Crippen molar-refractivity contribution in [3.63, 3.8) is 0 Å². The van der Waals surface area contributed by atoms with Gasteiger partial charge in [-0.15, -0.1) is 0 Å². The first-order valence-corrected chi connectivity index (χ1v) is 13.1. The molecule has 1 saturated heterocycles. The Balaban J connectivity index is 1.35. The largest absolute Gasteiger partial charge is 0.346 e. The van der Waals surface area contributed by atoms with Crippen molar-refractivity contribution in [1.29, 1.82) is 0 Å². The molecule has 2 fully saturated rings. The number of ether oxygens (including phenoxy) is 2. The second-order valence-corrected chi connectivity index (χ2v) is 10.3. The lowest BCUT2D eigenvalue weighted by atomic mass is 9.77. The molecule has 174 valence electrons. The summed E-state index contributed by atoms with van der Waals surface area (Å²) in [5.74, 6) is 1.63. The van der Waals surface area contributed by atoms with Crippen molar-refractivity contribution < 1.29 is 9.47 Å². The molecule has 0 atom stereocenters. The van der Waals surface area contributed by atoms with Gasteiger partial charge in [0.2, 0.25) is 0 Å². The predicted molar refractivity (Wildman–Crippen MR) is 134 cm³/mol. The Bertz CT molecular complexity index is 807. The van der Waals surface area contributed by atoms with E-state index < -0.39 is 5.79 Å². The van der Waals surface area contributed by atoms with Gasteiger partial charge in [-0.2, -0.15) is 0 Å². The van der Waals surface area contributed by atoms with E-state index in [1.807, 2.05) is 0 Å². The van der Waals surface area contributed by atoms with Crippen molar-refractivity contribution in [3.05, 3.63) is 59.7 Å². The first kappa shape index (κ1) is 23.5. The molecular weight excluding hydrogens is 392 g/mol. The van der Waals surface area contributed by atoms with E-state index in [0.29, 0.717) is 5.92 Å². The Labute approximate surface area is 195 Å². The molecule has 0 bridgehead atoms. The summed E-state index contributed by atoms with van der Waals surface area (Å²) in [6.07, 6.45) is 12.0. The molecule has 2 nitrogen and oxygen atoms in total. The number of benzene rings is 2. The van der Waals surface area contributed by atoms with Gasteiger partial charge in [-0.1, -0.05) is 88.1 Å². The van der Waals surface area contributed by atoms with E-state index in [0.717, 1.165) is 30.6 Å². The predicted octanol–water partition coefficient (Wildman–Crippen LogP) is 8.45. The van der Waals surface area contributed by atoms with E-state index in [2.05, 4.69) is 69.3 Å². The van der Waals surface area contributed by atoms with Crippen LogP contribution in [0, 0.1) is 11.8 Å². The fourth-order valence-electron chi connectivity index (χ4n) is 5.58. The van der Waals surface area contributed by atoms with E-state index >= 15 is 0 Å². The maximum absolute atomic E-state index is 6.19. The Morgan fingerprint density at radius 1 is 0.719 bits per heavy atom. The third-order valence-electron chi connectivity index (χ3n) is 7.82. The highest BCUT2D eigenvalue weighted by atomic mass is 16.7. The number of hydrogen-bond donors (Lipinski definition) is 0. The SMILES string of the molecule is CCCCC1COC(C)(c2ccc(-c3ccc(C4CCC(CCC)CC4)cc3)cc2)OC1. The molecule has 0 N–H and O–H groups in total. The average molecular weight is 435 g/mol. The van der Waals surface area contributed by atoms with Gasteiger partial charge in [0, 0.05) is 11.5 Å². The normalized spacial score (nSPS) is 28.5. The zero-order valence-corrected chi connectivity index (χ0v) is 20.4. The smallest absolute Gasteiger partial charge is 0.191 e. The van der Waals surface area contributed by atoms with Crippen LogP contribution >= 0.6 is 0 Å². The van der Waals surface area contributed by atoms with Crippen LogP contribution in [0.5, 0.6) is 0 Å². The van der Waals surface area contributed by atoms with Crippen LogP contribution in [0.4, 0.5) is 0 Å². The van der Waals surface area contributed by atoms with Crippen LogP contribution in [-0.2, 0) is 15.3 Å². The minimum Gasteiger partial charge on any atom is -0.346 e. The van der Waals surface area contributed by atoms with E-state index in [9.17, 15) is 0 Å². The molecule has 1 saturated carbocycles. The molecule has 2 aromatic carbocycles. The van der Waals surface area contributed by atoms with Crippen molar-refractivity contribution in [1.82, 2.24) is 0 Å². The molecule has 2 heteroatoms.